The van der Waals surface area contributed by atoms with Crippen LogP contribution in [0, 0.1) is 23.5 Å². The highest BCUT2D eigenvalue weighted by molar-refractivity contribution is 5.84. The van der Waals surface area contributed by atoms with E-state index in [1.54, 1.807) is 6.92 Å². The maximum absolute atomic E-state index is 13.6. The lowest BCUT2D eigenvalue weighted by molar-refractivity contribution is 0.0800. The number of nitrogen functional groups attached to an aromatic ring is 1. The van der Waals surface area contributed by atoms with Crippen LogP contribution in [0.1, 0.15) is 12.5 Å². The molecule has 6 N–H and O–H groups in total. The molecule has 0 spiro atoms. The van der Waals surface area contributed by atoms with Gasteiger partial charge in [-0.25, -0.2) is 8.78 Å². The van der Waals surface area contributed by atoms with Gasteiger partial charge >= 0.3 is 0 Å². The van der Waals surface area contributed by atoms with Gasteiger partial charge in [0.15, 0.2) is 5.82 Å². The van der Waals surface area contributed by atoms with Gasteiger partial charge in [-0.2, -0.15) is 0 Å². The molecule has 0 heterocycles. The minimum atomic E-state index is -0.913. The molecule has 1 aromatic carbocycles. The zero-order valence-electron chi connectivity index (χ0n) is 11.4. The first-order valence-corrected chi connectivity index (χ1v) is 6.06. The van der Waals surface area contributed by atoms with E-state index in [2.05, 4.69) is 17.0 Å². The number of nitrogens with two attached hydrogens (primary N) is 3. The molecule has 0 aliphatic heterocycles. The number of hydrogen-bond donors (Lipinski definition) is 3. The van der Waals surface area contributed by atoms with Gasteiger partial charge < -0.3 is 22.0 Å². The summed E-state index contributed by atoms with van der Waals surface area (Å²) in [5.74, 6) is 3.08. The predicted molar refractivity (Wildman–Crippen MR) is 78.0 cm³/mol. The minimum Gasteiger partial charge on any atom is -0.404 e. The Bertz CT molecular complexity index is 617. The minimum absolute atomic E-state index is 0.187. The van der Waals surface area contributed by atoms with Crippen LogP contribution in [0.2, 0.25) is 0 Å². The Morgan fingerprint density at radius 3 is 2.81 bits per heavy atom. The van der Waals surface area contributed by atoms with Gasteiger partial charge in [0.05, 0.1) is 23.0 Å². The lowest BCUT2D eigenvalue weighted by atomic mass is 10.1. The van der Waals surface area contributed by atoms with Crippen molar-refractivity contribution in [2.45, 2.75) is 13.0 Å². The van der Waals surface area contributed by atoms with Gasteiger partial charge in [0, 0.05) is 12.7 Å². The van der Waals surface area contributed by atoms with E-state index < -0.39 is 17.2 Å². The fourth-order valence-electron chi connectivity index (χ4n) is 1.17. The summed E-state index contributed by atoms with van der Waals surface area (Å²) in [6.07, 6.45) is 2.09. The molecule has 0 aliphatic carbocycles. The molecule has 1 aromatic rings. The molecule has 0 saturated carbocycles. The van der Waals surface area contributed by atoms with Crippen molar-refractivity contribution in [3.63, 3.8) is 0 Å². The van der Waals surface area contributed by atoms with Crippen molar-refractivity contribution in [1.29, 1.82) is 0 Å². The van der Waals surface area contributed by atoms with E-state index in [-0.39, 0.29) is 17.4 Å². The number of hydrogen-bond acceptors (Lipinski definition) is 5. The van der Waals surface area contributed by atoms with Crippen molar-refractivity contribution >= 4 is 11.9 Å². The fraction of sp³-hybridized carbons (Fsp3) is 0.214. The Balaban J connectivity index is 2.92. The first-order valence-electron chi connectivity index (χ1n) is 6.06. The Hall–Kier alpha value is -2.59. The molecule has 0 aliphatic rings. The smallest absolute Gasteiger partial charge is 0.164 e. The summed E-state index contributed by atoms with van der Waals surface area (Å²) in [5.41, 5.74) is 15.6. The molecule has 0 saturated heterocycles. The van der Waals surface area contributed by atoms with Crippen LogP contribution in [0.5, 0.6) is 0 Å². The van der Waals surface area contributed by atoms with E-state index in [9.17, 15) is 8.78 Å². The van der Waals surface area contributed by atoms with Crippen molar-refractivity contribution in [1.82, 2.24) is 0 Å². The average Bonchev–Trinajstić information content (AvgIpc) is 2.48. The van der Waals surface area contributed by atoms with Crippen LogP contribution in [0.15, 0.2) is 29.1 Å². The first kappa shape index (κ1) is 16.5. The Morgan fingerprint density at radius 2 is 2.19 bits per heavy atom. The molecule has 21 heavy (non-hydrogen) atoms. The third-order valence-electron chi connectivity index (χ3n) is 2.40. The molecule has 5 nitrogen and oxygen atoms in total. The zero-order chi connectivity index (χ0) is 15.8. The Labute approximate surface area is 121 Å². The maximum Gasteiger partial charge on any atom is 0.164 e. The van der Waals surface area contributed by atoms with Crippen LogP contribution in [0.25, 0.3) is 0 Å². The van der Waals surface area contributed by atoms with Crippen molar-refractivity contribution in [2.24, 2.45) is 16.6 Å². The van der Waals surface area contributed by atoms with Gasteiger partial charge in [0.2, 0.25) is 0 Å². The number of halogens is 2. The van der Waals surface area contributed by atoms with E-state index in [4.69, 9.17) is 22.0 Å². The average molecular weight is 294 g/mol. The zero-order valence-corrected chi connectivity index (χ0v) is 11.4. The predicted octanol–water partition coefficient (Wildman–Crippen LogP) is 1.09. The fourth-order valence-corrected chi connectivity index (χ4v) is 1.17. The number of allylic oxidation sites excluding steroid dienone is 1. The van der Waals surface area contributed by atoms with Gasteiger partial charge in [0.1, 0.15) is 11.9 Å². The van der Waals surface area contributed by atoms with E-state index in [1.807, 2.05) is 0 Å². The summed E-state index contributed by atoms with van der Waals surface area (Å²) in [6.45, 7) is 2.02. The monoisotopic (exact) mass is 294 g/mol. The van der Waals surface area contributed by atoms with Crippen molar-refractivity contribution < 1.29 is 13.6 Å². The second kappa shape index (κ2) is 7.87. The molecule has 1 unspecified atom stereocenters. The van der Waals surface area contributed by atoms with Gasteiger partial charge in [0.25, 0.3) is 0 Å². The third-order valence-corrected chi connectivity index (χ3v) is 2.40. The van der Waals surface area contributed by atoms with Crippen LogP contribution in [0.4, 0.5) is 14.5 Å². The first-order chi connectivity index (χ1) is 9.99. The van der Waals surface area contributed by atoms with Gasteiger partial charge in [-0.15, -0.1) is 0 Å². The summed E-state index contributed by atoms with van der Waals surface area (Å²) >= 11 is 0. The number of anilines is 1. The van der Waals surface area contributed by atoms with E-state index in [0.29, 0.717) is 6.54 Å². The quantitative estimate of drug-likeness (QED) is 0.335. The molecule has 0 bridgehead atoms. The molecular formula is C14H16F2N4O. The summed E-state index contributed by atoms with van der Waals surface area (Å²) in [6, 6.07) is 2.16. The normalized spacial score (nSPS) is 12.9. The van der Waals surface area contributed by atoms with Gasteiger partial charge in [-0.1, -0.05) is 17.0 Å². The molecule has 112 valence electrons. The highest BCUT2D eigenvalue weighted by Gasteiger charge is 2.09. The summed E-state index contributed by atoms with van der Waals surface area (Å²) < 4.78 is 27.1. The topological polar surface area (TPSA) is 99.6 Å². The van der Waals surface area contributed by atoms with Crippen molar-refractivity contribution in [2.75, 3.05) is 12.3 Å². The molecule has 7 heteroatoms. The van der Waals surface area contributed by atoms with Crippen LogP contribution < -0.4 is 17.2 Å². The van der Waals surface area contributed by atoms with E-state index >= 15 is 0 Å². The second-order valence-corrected chi connectivity index (χ2v) is 4.08. The SMILES string of the molecule is CC(CN)O/N=C/C(C#Cc1c(F)ccc(N)c1F)=C\N. The Morgan fingerprint density at radius 1 is 1.48 bits per heavy atom. The second-order valence-electron chi connectivity index (χ2n) is 4.08. The number of nitrogens with zero attached hydrogens (tertiary/aromatic N) is 1. The molecule has 0 aromatic heterocycles. The van der Waals surface area contributed by atoms with Crippen molar-refractivity contribution in [3.05, 3.63) is 41.1 Å². The summed E-state index contributed by atoms with van der Waals surface area (Å²) in [4.78, 5) is 4.95. The molecule has 0 radical (unpaired) electrons. The Kier molecular flexibility index (Phi) is 6.17. The van der Waals surface area contributed by atoms with Crippen molar-refractivity contribution in [3.8, 4) is 11.8 Å². The van der Waals surface area contributed by atoms with Gasteiger partial charge in [-0.3, -0.25) is 0 Å². The van der Waals surface area contributed by atoms with Crippen LogP contribution in [-0.4, -0.2) is 18.9 Å². The van der Waals surface area contributed by atoms with E-state index in [1.165, 1.54) is 6.21 Å². The molecular weight excluding hydrogens is 278 g/mol. The standard InChI is InChI=1S/C14H16F2N4O/c1-9(6-17)21-20-8-10(7-18)2-3-11-12(15)4-5-13(19)14(11)16/h4-5,7-9H,6,17-19H2,1H3/b10-7-,20-8+. The highest BCUT2D eigenvalue weighted by atomic mass is 19.1. The largest absolute Gasteiger partial charge is 0.404 e. The number of oxime groups is 1. The summed E-state index contributed by atoms with van der Waals surface area (Å²) in [5, 5.41) is 3.62. The van der Waals surface area contributed by atoms with Crippen LogP contribution in [0.3, 0.4) is 0 Å². The maximum atomic E-state index is 13.6. The lowest BCUT2D eigenvalue weighted by Crippen LogP contribution is -2.17. The lowest BCUT2D eigenvalue weighted by Gasteiger charge is -2.04. The molecule has 1 rings (SSSR count). The highest BCUT2D eigenvalue weighted by Crippen LogP contribution is 2.17. The van der Waals surface area contributed by atoms with Crippen LogP contribution in [-0.2, 0) is 4.84 Å². The third kappa shape index (κ3) is 4.78. The van der Waals surface area contributed by atoms with Gasteiger partial charge in [-0.05, 0) is 19.1 Å². The number of rotatable bonds is 4. The van der Waals surface area contributed by atoms with E-state index in [0.717, 1.165) is 18.3 Å². The van der Waals surface area contributed by atoms with Crippen LogP contribution >= 0.6 is 0 Å². The summed E-state index contributed by atoms with van der Waals surface area (Å²) in [7, 11) is 0. The molecule has 0 fully saturated rings. The molecule has 1 atom stereocenters. The number of benzene rings is 1. The molecule has 0 amide bonds.